The quantitative estimate of drug-likeness (QED) is 0.197. The lowest BCUT2D eigenvalue weighted by Crippen LogP contribution is -2.32. The summed E-state index contributed by atoms with van der Waals surface area (Å²) in [6.45, 7) is 1.64. The van der Waals surface area contributed by atoms with E-state index < -0.39 is 16.9 Å². The Labute approximate surface area is 152 Å². The van der Waals surface area contributed by atoms with Gasteiger partial charge in [0.15, 0.2) is 11.6 Å². The third kappa shape index (κ3) is 3.66. The predicted molar refractivity (Wildman–Crippen MR) is 98.4 cm³/mol. The van der Waals surface area contributed by atoms with E-state index in [1.54, 1.807) is 13.0 Å². The number of aromatic nitrogens is 3. The van der Waals surface area contributed by atoms with Crippen LogP contribution in [0.25, 0.3) is 11.0 Å². The number of pyridine rings is 1. The van der Waals surface area contributed by atoms with E-state index >= 15 is 0 Å². The van der Waals surface area contributed by atoms with Crippen molar-refractivity contribution in [2.75, 3.05) is 5.32 Å². The van der Waals surface area contributed by atoms with E-state index in [1.165, 1.54) is 30.6 Å². The molecule has 2 heterocycles. The number of nitro groups is 1. The Balaban J connectivity index is 1.91. The molecule has 0 bridgehead atoms. The minimum atomic E-state index is -0.578. The van der Waals surface area contributed by atoms with Gasteiger partial charge in [-0.25, -0.2) is 4.98 Å². The molecule has 1 atom stereocenters. The standard InChI is InChI=1S/C16H16N8O3/c1-8(21-16(17)18)10-3-2-9(6-13(10)24(26)27)15(25)22-12-4-5-19-14-11(12)7-20-23-14/h2-8H,1H3,(H4,17,18,21)(H2,19,20,22,23,25)/t8-/m1/s1. The van der Waals surface area contributed by atoms with Crippen LogP contribution in [0.2, 0.25) is 0 Å². The van der Waals surface area contributed by atoms with Crippen LogP contribution in [0.5, 0.6) is 0 Å². The molecular weight excluding hydrogens is 352 g/mol. The molecule has 1 amide bonds. The summed E-state index contributed by atoms with van der Waals surface area (Å²) in [6, 6.07) is 5.18. The molecule has 11 nitrogen and oxygen atoms in total. The predicted octanol–water partition coefficient (Wildman–Crippen LogP) is 1.66. The molecule has 3 aromatic rings. The maximum Gasteiger partial charge on any atom is 0.275 e. The molecule has 0 saturated heterocycles. The second kappa shape index (κ2) is 7.07. The fourth-order valence-electron chi connectivity index (χ4n) is 2.67. The number of nitrogens with one attached hydrogen (secondary N) is 4. The normalized spacial score (nSPS) is 11.7. The molecule has 27 heavy (non-hydrogen) atoms. The number of nitrogens with zero attached hydrogens (tertiary/aromatic N) is 3. The second-order valence-corrected chi connectivity index (χ2v) is 5.76. The van der Waals surface area contributed by atoms with Gasteiger partial charge in [0.05, 0.1) is 33.8 Å². The van der Waals surface area contributed by atoms with Crippen molar-refractivity contribution in [3.63, 3.8) is 0 Å². The number of aromatic amines is 1. The zero-order valence-corrected chi connectivity index (χ0v) is 14.2. The lowest BCUT2D eigenvalue weighted by Gasteiger charge is -2.15. The van der Waals surface area contributed by atoms with Crippen LogP contribution >= 0.6 is 0 Å². The molecule has 0 fully saturated rings. The molecule has 0 aliphatic carbocycles. The van der Waals surface area contributed by atoms with Crippen LogP contribution in [-0.4, -0.2) is 32.0 Å². The van der Waals surface area contributed by atoms with Crippen molar-refractivity contribution < 1.29 is 9.72 Å². The minimum absolute atomic E-state index is 0.119. The van der Waals surface area contributed by atoms with Crippen molar-refractivity contribution in [1.29, 1.82) is 5.41 Å². The van der Waals surface area contributed by atoms with Gasteiger partial charge < -0.3 is 16.4 Å². The first-order chi connectivity index (χ1) is 12.9. The zero-order valence-electron chi connectivity index (χ0n) is 14.2. The van der Waals surface area contributed by atoms with E-state index in [-0.39, 0.29) is 17.2 Å². The lowest BCUT2D eigenvalue weighted by atomic mass is 10.0. The number of amides is 1. The van der Waals surface area contributed by atoms with E-state index in [4.69, 9.17) is 11.1 Å². The van der Waals surface area contributed by atoms with Crippen molar-refractivity contribution in [2.45, 2.75) is 13.0 Å². The number of H-pyrrole nitrogens is 1. The summed E-state index contributed by atoms with van der Waals surface area (Å²) < 4.78 is 0. The number of carbonyl (C=O) groups is 1. The maximum absolute atomic E-state index is 12.6. The minimum Gasteiger partial charge on any atom is -0.370 e. The van der Waals surface area contributed by atoms with E-state index in [0.29, 0.717) is 22.3 Å². The third-order valence-electron chi connectivity index (χ3n) is 3.93. The Kier molecular flexibility index (Phi) is 4.66. The molecule has 2 aromatic heterocycles. The smallest absolute Gasteiger partial charge is 0.275 e. The monoisotopic (exact) mass is 368 g/mol. The van der Waals surface area contributed by atoms with E-state index in [0.717, 1.165) is 0 Å². The molecule has 0 saturated carbocycles. The molecule has 0 aliphatic heterocycles. The number of rotatable bonds is 5. The van der Waals surface area contributed by atoms with Gasteiger partial charge in [-0.1, -0.05) is 0 Å². The van der Waals surface area contributed by atoms with Crippen molar-refractivity contribution in [3.8, 4) is 0 Å². The van der Waals surface area contributed by atoms with Crippen molar-refractivity contribution in [1.82, 2.24) is 20.5 Å². The topological polar surface area (TPSA) is 176 Å². The molecule has 11 heteroatoms. The largest absolute Gasteiger partial charge is 0.370 e. The summed E-state index contributed by atoms with van der Waals surface area (Å²) in [5, 5.41) is 31.2. The number of nitrogens with two attached hydrogens (primary N) is 1. The number of benzene rings is 1. The summed E-state index contributed by atoms with van der Waals surface area (Å²) in [5.41, 5.74) is 6.47. The Hall–Kier alpha value is -4.02. The number of hydrogen-bond acceptors (Lipinski definition) is 6. The van der Waals surface area contributed by atoms with Gasteiger partial charge in [-0.05, 0) is 25.1 Å². The highest BCUT2D eigenvalue weighted by Gasteiger charge is 2.22. The molecule has 138 valence electrons. The second-order valence-electron chi connectivity index (χ2n) is 5.76. The Morgan fingerprint density at radius 3 is 2.89 bits per heavy atom. The highest BCUT2D eigenvalue weighted by molar-refractivity contribution is 6.08. The first-order valence-electron chi connectivity index (χ1n) is 7.85. The number of fused-ring (bicyclic) bond motifs is 1. The van der Waals surface area contributed by atoms with Gasteiger partial charge in [0.1, 0.15) is 0 Å². The van der Waals surface area contributed by atoms with Crippen molar-refractivity contribution in [2.24, 2.45) is 5.73 Å². The summed E-state index contributed by atoms with van der Waals surface area (Å²) >= 11 is 0. The van der Waals surface area contributed by atoms with Crippen LogP contribution in [-0.2, 0) is 0 Å². The number of nitro benzene ring substituents is 1. The molecule has 0 aliphatic rings. The summed E-state index contributed by atoms with van der Waals surface area (Å²) in [5.74, 6) is -0.814. The van der Waals surface area contributed by atoms with Crippen molar-refractivity contribution in [3.05, 3.63) is 57.9 Å². The third-order valence-corrected chi connectivity index (χ3v) is 3.93. The van der Waals surface area contributed by atoms with Gasteiger partial charge in [0, 0.05) is 17.8 Å². The SMILES string of the molecule is C[C@@H](NC(=N)N)c1ccc(C(=O)Nc2ccnc3[nH]ncc23)cc1[N+](=O)[O-]. The number of carbonyl (C=O) groups excluding carboxylic acids is 1. The molecule has 1 aromatic carbocycles. The number of anilines is 1. The van der Waals surface area contributed by atoms with Crippen LogP contribution in [0, 0.1) is 15.5 Å². The molecule has 6 N–H and O–H groups in total. The van der Waals surface area contributed by atoms with Gasteiger partial charge in [-0.15, -0.1) is 0 Å². The molecular formula is C16H16N8O3. The van der Waals surface area contributed by atoms with E-state index in [9.17, 15) is 14.9 Å². The summed E-state index contributed by atoms with van der Waals surface area (Å²) in [4.78, 5) is 27.5. The van der Waals surface area contributed by atoms with Gasteiger partial charge in [0.2, 0.25) is 0 Å². The molecule has 0 spiro atoms. The molecule has 0 radical (unpaired) electrons. The fourth-order valence-corrected chi connectivity index (χ4v) is 2.67. The van der Waals surface area contributed by atoms with Gasteiger partial charge in [-0.3, -0.25) is 25.4 Å². The Morgan fingerprint density at radius 1 is 1.41 bits per heavy atom. The highest BCUT2D eigenvalue weighted by atomic mass is 16.6. The zero-order chi connectivity index (χ0) is 19.6. The van der Waals surface area contributed by atoms with Crippen molar-refractivity contribution >= 4 is 34.3 Å². The highest BCUT2D eigenvalue weighted by Crippen LogP contribution is 2.27. The Morgan fingerprint density at radius 2 is 2.19 bits per heavy atom. The summed E-state index contributed by atoms with van der Waals surface area (Å²) in [7, 11) is 0. The van der Waals surface area contributed by atoms with Gasteiger partial charge in [0.25, 0.3) is 11.6 Å². The number of hydrogen-bond donors (Lipinski definition) is 5. The van der Waals surface area contributed by atoms with Gasteiger partial charge in [-0.2, -0.15) is 5.10 Å². The summed E-state index contributed by atoms with van der Waals surface area (Å²) in [6.07, 6.45) is 3.04. The first kappa shape index (κ1) is 17.8. The lowest BCUT2D eigenvalue weighted by molar-refractivity contribution is -0.385. The van der Waals surface area contributed by atoms with E-state index in [2.05, 4.69) is 25.8 Å². The van der Waals surface area contributed by atoms with Crippen LogP contribution < -0.4 is 16.4 Å². The first-order valence-corrected chi connectivity index (χ1v) is 7.85. The average molecular weight is 368 g/mol. The van der Waals surface area contributed by atoms with Crippen LogP contribution in [0.3, 0.4) is 0 Å². The van der Waals surface area contributed by atoms with E-state index in [1.807, 2.05) is 0 Å². The number of guanidine groups is 1. The van der Waals surface area contributed by atoms with Crippen LogP contribution in [0.15, 0.2) is 36.7 Å². The molecule has 3 rings (SSSR count). The molecule has 0 unspecified atom stereocenters. The van der Waals surface area contributed by atoms with Crippen LogP contribution in [0.4, 0.5) is 11.4 Å². The maximum atomic E-state index is 12.6. The average Bonchev–Trinajstić information content (AvgIpc) is 3.10. The Bertz CT molecular complexity index is 1050. The van der Waals surface area contributed by atoms with Crippen LogP contribution in [0.1, 0.15) is 28.9 Å². The fraction of sp³-hybridized carbons (Fsp3) is 0.125. The van der Waals surface area contributed by atoms with Gasteiger partial charge >= 0.3 is 0 Å².